The summed E-state index contributed by atoms with van der Waals surface area (Å²) in [6.07, 6.45) is -0.930. The van der Waals surface area contributed by atoms with Crippen LogP contribution >= 0.6 is 0 Å². The van der Waals surface area contributed by atoms with Gasteiger partial charge in [-0.3, -0.25) is 0 Å². The third kappa shape index (κ3) is 4.34. The topological polar surface area (TPSA) is 61.8 Å². The van der Waals surface area contributed by atoms with Crippen molar-refractivity contribution in [1.82, 2.24) is 0 Å². The molecular weight excluding hydrogens is 284 g/mol. The Morgan fingerprint density at radius 2 is 1.68 bits per heavy atom. The van der Waals surface area contributed by atoms with E-state index in [1.165, 1.54) is 18.7 Å². The van der Waals surface area contributed by atoms with Gasteiger partial charge in [-0.1, -0.05) is 42.5 Å². The van der Waals surface area contributed by atoms with Crippen LogP contribution in [-0.4, -0.2) is 18.7 Å². The first-order valence-corrected chi connectivity index (χ1v) is 6.73. The predicted octanol–water partition coefficient (Wildman–Crippen LogP) is 3.59. The maximum absolute atomic E-state index is 11.8. The predicted molar refractivity (Wildman–Crippen MR) is 79.4 cm³/mol. The van der Waals surface area contributed by atoms with Crippen LogP contribution in [0.3, 0.4) is 0 Å². The summed E-state index contributed by atoms with van der Waals surface area (Å²) in [5, 5.41) is 0. The number of para-hydroxylation sites is 1. The maximum Gasteiger partial charge on any atom is 0.514 e. The smallest absolute Gasteiger partial charge is 0.462 e. The number of ether oxygens (including phenoxy) is 3. The van der Waals surface area contributed by atoms with Gasteiger partial charge in [-0.2, -0.15) is 0 Å². The molecule has 0 amide bonds. The van der Waals surface area contributed by atoms with Crippen LogP contribution < -0.4 is 4.74 Å². The van der Waals surface area contributed by atoms with E-state index >= 15 is 0 Å². The van der Waals surface area contributed by atoms with Crippen LogP contribution in [0.15, 0.2) is 54.6 Å². The minimum Gasteiger partial charge on any atom is -0.462 e. The molecule has 0 heterocycles. The molecule has 0 spiro atoms. The maximum atomic E-state index is 11.8. The summed E-state index contributed by atoms with van der Waals surface area (Å²) in [6.45, 7) is 3.21. The van der Waals surface area contributed by atoms with Gasteiger partial charge in [0.05, 0.1) is 6.61 Å². The van der Waals surface area contributed by atoms with E-state index in [0.717, 1.165) is 5.56 Å². The Bertz CT molecular complexity index is 637. The minimum atomic E-state index is -0.930. The molecule has 0 saturated carbocycles. The Labute approximate surface area is 128 Å². The van der Waals surface area contributed by atoms with Crippen LogP contribution in [0.25, 0.3) is 0 Å². The number of carbonyl (C=O) groups excluding carboxylic acids is 2. The molecule has 113 valence electrons. The van der Waals surface area contributed by atoms with Crippen molar-refractivity contribution in [3.05, 3.63) is 72.3 Å². The van der Waals surface area contributed by atoms with E-state index in [4.69, 9.17) is 14.2 Å². The third-order valence-corrected chi connectivity index (χ3v) is 2.67. The van der Waals surface area contributed by atoms with Gasteiger partial charge in [-0.05, 0) is 24.6 Å². The molecule has 2 aromatic carbocycles. The molecule has 2 aromatic rings. The molecule has 0 aliphatic rings. The second-order valence-corrected chi connectivity index (χ2v) is 4.22. The summed E-state index contributed by atoms with van der Waals surface area (Å²) < 4.78 is 14.8. The van der Waals surface area contributed by atoms with Crippen LogP contribution in [0, 0.1) is 6.61 Å². The van der Waals surface area contributed by atoms with Gasteiger partial charge in [0, 0.05) is 0 Å². The highest BCUT2D eigenvalue weighted by molar-refractivity contribution is 5.93. The number of carbonyl (C=O) groups is 2. The molecule has 5 nitrogen and oxygen atoms in total. The number of esters is 1. The first-order valence-electron chi connectivity index (χ1n) is 6.73. The van der Waals surface area contributed by atoms with E-state index in [1.807, 2.05) is 18.2 Å². The van der Waals surface area contributed by atoms with E-state index in [-0.39, 0.29) is 17.9 Å². The van der Waals surface area contributed by atoms with Crippen molar-refractivity contribution in [2.75, 3.05) is 6.61 Å². The van der Waals surface area contributed by atoms with Gasteiger partial charge in [-0.25, -0.2) is 9.59 Å². The van der Waals surface area contributed by atoms with Crippen molar-refractivity contribution < 1.29 is 23.8 Å². The second-order valence-electron chi connectivity index (χ2n) is 4.22. The van der Waals surface area contributed by atoms with E-state index < -0.39 is 12.1 Å². The monoisotopic (exact) mass is 299 g/mol. The molecule has 2 rings (SSSR count). The van der Waals surface area contributed by atoms with Gasteiger partial charge < -0.3 is 14.2 Å². The van der Waals surface area contributed by atoms with Gasteiger partial charge in [-0.15, -0.1) is 0 Å². The molecular formula is C17H15O5. The lowest BCUT2D eigenvalue weighted by molar-refractivity contribution is 0.0522. The van der Waals surface area contributed by atoms with E-state index in [9.17, 15) is 9.59 Å². The molecule has 0 aliphatic carbocycles. The van der Waals surface area contributed by atoms with Gasteiger partial charge in [0.15, 0.2) is 6.61 Å². The van der Waals surface area contributed by atoms with Crippen molar-refractivity contribution in [2.24, 2.45) is 0 Å². The number of hydrogen-bond donors (Lipinski definition) is 0. The fraction of sp³-hybridized carbons (Fsp3) is 0.118. The first kappa shape index (κ1) is 15.6. The lowest BCUT2D eigenvalue weighted by atomic mass is 10.2. The van der Waals surface area contributed by atoms with Crippen molar-refractivity contribution in [3.8, 4) is 5.75 Å². The second kappa shape index (κ2) is 7.83. The van der Waals surface area contributed by atoms with Gasteiger partial charge in [0.1, 0.15) is 11.3 Å². The summed E-state index contributed by atoms with van der Waals surface area (Å²) in [7, 11) is 0. The van der Waals surface area contributed by atoms with Crippen LogP contribution in [-0.2, 0) is 9.47 Å². The van der Waals surface area contributed by atoms with Gasteiger partial charge >= 0.3 is 12.1 Å². The summed E-state index contributed by atoms with van der Waals surface area (Å²) in [5.41, 5.74) is 0.888. The number of benzene rings is 2. The molecule has 0 N–H and O–H groups in total. The molecule has 0 fully saturated rings. The summed E-state index contributed by atoms with van der Waals surface area (Å²) >= 11 is 0. The van der Waals surface area contributed by atoms with E-state index in [0.29, 0.717) is 0 Å². The normalized spacial score (nSPS) is 9.86. The minimum absolute atomic E-state index is 0.0902. The molecule has 1 radical (unpaired) electrons. The first-order chi connectivity index (χ1) is 10.7. The Hall–Kier alpha value is -2.82. The summed E-state index contributed by atoms with van der Waals surface area (Å²) in [6, 6.07) is 15.3. The zero-order valence-electron chi connectivity index (χ0n) is 12.0. The Kier molecular flexibility index (Phi) is 5.54. The molecule has 0 saturated heterocycles. The van der Waals surface area contributed by atoms with Crippen molar-refractivity contribution >= 4 is 12.1 Å². The fourth-order valence-electron chi connectivity index (χ4n) is 1.69. The lowest BCUT2D eigenvalue weighted by Crippen LogP contribution is -2.13. The molecule has 5 heteroatoms. The van der Waals surface area contributed by atoms with Crippen molar-refractivity contribution in [3.63, 3.8) is 0 Å². The van der Waals surface area contributed by atoms with Crippen LogP contribution in [0.4, 0.5) is 4.79 Å². The highest BCUT2D eigenvalue weighted by Crippen LogP contribution is 2.20. The molecule has 0 unspecified atom stereocenters. The Balaban J connectivity index is 1.98. The molecule has 0 bridgehead atoms. The van der Waals surface area contributed by atoms with Crippen LogP contribution in [0.5, 0.6) is 5.75 Å². The largest absolute Gasteiger partial charge is 0.514 e. The Morgan fingerprint density at radius 3 is 2.41 bits per heavy atom. The summed E-state index contributed by atoms with van der Waals surface area (Å²) in [5.74, 6) is -0.467. The summed E-state index contributed by atoms with van der Waals surface area (Å²) in [4.78, 5) is 23.5. The fourth-order valence-corrected chi connectivity index (χ4v) is 1.69. The van der Waals surface area contributed by atoms with Gasteiger partial charge in [0.25, 0.3) is 0 Å². The SMILES string of the molecule is CCOC(=O)c1ccccc1OC(=O)O[CH]c1ccccc1. The van der Waals surface area contributed by atoms with Crippen molar-refractivity contribution in [1.29, 1.82) is 0 Å². The zero-order chi connectivity index (χ0) is 15.8. The highest BCUT2D eigenvalue weighted by atomic mass is 16.7. The molecule has 0 aliphatic heterocycles. The lowest BCUT2D eigenvalue weighted by Gasteiger charge is -2.09. The molecule has 22 heavy (non-hydrogen) atoms. The average molecular weight is 299 g/mol. The van der Waals surface area contributed by atoms with E-state index in [1.54, 1.807) is 31.2 Å². The Morgan fingerprint density at radius 1 is 1.00 bits per heavy atom. The third-order valence-electron chi connectivity index (χ3n) is 2.67. The van der Waals surface area contributed by atoms with Gasteiger partial charge in [0.2, 0.25) is 0 Å². The standard InChI is InChI=1S/C17H15O5/c1-2-20-16(18)14-10-6-7-11-15(14)22-17(19)21-12-13-8-4-3-5-9-13/h3-12H,2H2,1H3. The van der Waals surface area contributed by atoms with Crippen LogP contribution in [0.1, 0.15) is 22.8 Å². The zero-order valence-corrected chi connectivity index (χ0v) is 12.0. The molecule has 0 aromatic heterocycles. The highest BCUT2D eigenvalue weighted by Gasteiger charge is 2.16. The number of rotatable bonds is 5. The van der Waals surface area contributed by atoms with E-state index in [2.05, 4.69) is 0 Å². The average Bonchev–Trinajstić information content (AvgIpc) is 2.54. The number of hydrogen-bond acceptors (Lipinski definition) is 5. The van der Waals surface area contributed by atoms with Crippen molar-refractivity contribution in [2.45, 2.75) is 6.92 Å². The quantitative estimate of drug-likeness (QED) is 0.623. The molecule has 0 atom stereocenters. The van der Waals surface area contributed by atoms with Crippen LogP contribution in [0.2, 0.25) is 0 Å².